The first-order valence-corrected chi connectivity index (χ1v) is 8.78. The largest absolute Gasteiger partial charge is 0.497 e. The monoisotopic (exact) mass is 347 g/mol. The molecule has 0 aliphatic rings. The molecule has 0 unspecified atom stereocenters. The van der Waals surface area contributed by atoms with Gasteiger partial charge < -0.3 is 9.72 Å². The van der Waals surface area contributed by atoms with E-state index in [4.69, 9.17) is 9.72 Å². The van der Waals surface area contributed by atoms with Gasteiger partial charge in [0.25, 0.3) is 0 Å². The topological polar surface area (TPSA) is 50.8 Å². The third-order valence-corrected chi connectivity index (χ3v) is 4.92. The SMILES string of the molecule is COc1ccnc(-c2ccccc2Sc2nc3cc(C)ccc3[nH]2)c1. The number of aryl methyl sites for hydroxylation is 1. The van der Waals surface area contributed by atoms with Crippen LogP contribution in [0.3, 0.4) is 0 Å². The highest BCUT2D eigenvalue weighted by molar-refractivity contribution is 7.99. The molecule has 4 nitrogen and oxygen atoms in total. The molecular weight excluding hydrogens is 330 g/mol. The summed E-state index contributed by atoms with van der Waals surface area (Å²) in [5.74, 6) is 0.795. The molecule has 1 N–H and O–H groups in total. The van der Waals surface area contributed by atoms with Gasteiger partial charge in [0.15, 0.2) is 5.16 Å². The van der Waals surface area contributed by atoms with E-state index in [0.717, 1.165) is 38.1 Å². The van der Waals surface area contributed by atoms with Gasteiger partial charge in [0, 0.05) is 22.7 Å². The van der Waals surface area contributed by atoms with Crippen LogP contribution in [0, 0.1) is 6.92 Å². The summed E-state index contributed by atoms with van der Waals surface area (Å²) in [7, 11) is 1.66. The highest BCUT2D eigenvalue weighted by Crippen LogP contribution is 2.35. The predicted molar refractivity (Wildman–Crippen MR) is 101 cm³/mol. The fraction of sp³-hybridized carbons (Fsp3) is 0.100. The quantitative estimate of drug-likeness (QED) is 0.558. The number of H-pyrrole nitrogens is 1. The highest BCUT2D eigenvalue weighted by Gasteiger charge is 2.11. The van der Waals surface area contributed by atoms with Crippen molar-refractivity contribution in [2.75, 3.05) is 7.11 Å². The molecule has 4 rings (SSSR count). The molecule has 124 valence electrons. The van der Waals surface area contributed by atoms with Crippen LogP contribution in [0.2, 0.25) is 0 Å². The van der Waals surface area contributed by atoms with Crippen LogP contribution in [0.4, 0.5) is 0 Å². The van der Waals surface area contributed by atoms with Gasteiger partial charge in [-0.2, -0.15) is 0 Å². The fourth-order valence-electron chi connectivity index (χ4n) is 2.70. The molecule has 4 aromatic rings. The number of ether oxygens (including phenoxy) is 1. The second-order valence-electron chi connectivity index (χ2n) is 5.74. The molecule has 0 atom stereocenters. The van der Waals surface area contributed by atoms with Crippen LogP contribution in [-0.2, 0) is 0 Å². The van der Waals surface area contributed by atoms with E-state index in [1.54, 1.807) is 25.1 Å². The summed E-state index contributed by atoms with van der Waals surface area (Å²) in [6.45, 7) is 2.07. The van der Waals surface area contributed by atoms with E-state index in [1.807, 2.05) is 24.3 Å². The number of nitrogens with zero attached hydrogens (tertiary/aromatic N) is 2. The van der Waals surface area contributed by atoms with Gasteiger partial charge in [0.1, 0.15) is 5.75 Å². The first kappa shape index (κ1) is 15.7. The molecule has 0 spiro atoms. The number of hydrogen-bond donors (Lipinski definition) is 1. The Balaban J connectivity index is 1.72. The van der Waals surface area contributed by atoms with Crippen molar-refractivity contribution in [3.8, 4) is 17.0 Å². The Morgan fingerprint density at radius 3 is 2.80 bits per heavy atom. The molecule has 2 aromatic carbocycles. The Morgan fingerprint density at radius 1 is 1.04 bits per heavy atom. The summed E-state index contributed by atoms with van der Waals surface area (Å²) in [6.07, 6.45) is 1.76. The molecule has 0 bridgehead atoms. The van der Waals surface area contributed by atoms with Crippen LogP contribution in [0.1, 0.15) is 5.56 Å². The Bertz CT molecular complexity index is 1040. The standard InChI is InChI=1S/C20H17N3OS/c1-13-7-8-16-18(11-13)23-20(22-16)25-19-6-4-3-5-15(19)17-12-14(24-2)9-10-21-17/h3-12H,1-2H3,(H,22,23). The minimum Gasteiger partial charge on any atom is -0.497 e. The van der Waals surface area contributed by atoms with Crippen molar-refractivity contribution < 1.29 is 4.74 Å². The number of aromatic nitrogens is 3. The maximum absolute atomic E-state index is 5.32. The van der Waals surface area contributed by atoms with E-state index in [9.17, 15) is 0 Å². The molecule has 5 heteroatoms. The molecule has 2 aromatic heterocycles. The summed E-state index contributed by atoms with van der Waals surface area (Å²) < 4.78 is 5.32. The molecule has 2 heterocycles. The lowest BCUT2D eigenvalue weighted by Gasteiger charge is -2.08. The van der Waals surface area contributed by atoms with Gasteiger partial charge in [-0.1, -0.05) is 36.0 Å². The summed E-state index contributed by atoms with van der Waals surface area (Å²) in [6, 6.07) is 18.2. The van der Waals surface area contributed by atoms with Crippen LogP contribution >= 0.6 is 11.8 Å². The van der Waals surface area contributed by atoms with E-state index >= 15 is 0 Å². The van der Waals surface area contributed by atoms with E-state index < -0.39 is 0 Å². The molecule has 0 aliphatic carbocycles. The van der Waals surface area contributed by atoms with E-state index in [0.29, 0.717) is 0 Å². The molecule has 0 saturated heterocycles. The smallest absolute Gasteiger partial charge is 0.171 e. The van der Waals surface area contributed by atoms with Crippen LogP contribution in [0.25, 0.3) is 22.3 Å². The van der Waals surface area contributed by atoms with Gasteiger partial charge in [-0.15, -0.1) is 0 Å². The number of benzene rings is 2. The van der Waals surface area contributed by atoms with Gasteiger partial charge in [-0.05, 0) is 36.8 Å². The molecule has 0 amide bonds. The molecule has 0 aliphatic heterocycles. The van der Waals surface area contributed by atoms with Gasteiger partial charge in [-0.25, -0.2) is 4.98 Å². The second-order valence-corrected chi connectivity index (χ2v) is 6.77. The second kappa shape index (κ2) is 6.61. The first-order chi connectivity index (χ1) is 12.2. The van der Waals surface area contributed by atoms with Crippen molar-refractivity contribution in [3.05, 3.63) is 66.4 Å². The summed E-state index contributed by atoms with van der Waals surface area (Å²) in [4.78, 5) is 13.7. The Morgan fingerprint density at radius 2 is 1.92 bits per heavy atom. The number of methoxy groups -OCH3 is 1. The third-order valence-electron chi connectivity index (χ3n) is 3.95. The average molecular weight is 347 g/mol. The Labute approximate surface area is 150 Å². The number of fused-ring (bicyclic) bond motifs is 1. The number of nitrogens with one attached hydrogen (secondary N) is 1. The van der Waals surface area contributed by atoms with Crippen molar-refractivity contribution >= 4 is 22.8 Å². The zero-order chi connectivity index (χ0) is 17.2. The maximum Gasteiger partial charge on any atom is 0.171 e. The van der Waals surface area contributed by atoms with Crippen molar-refractivity contribution in [2.45, 2.75) is 17.0 Å². The molecule has 0 saturated carbocycles. The molecule has 0 radical (unpaired) electrons. The van der Waals surface area contributed by atoms with Crippen LogP contribution < -0.4 is 4.74 Å². The normalized spacial score (nSPS) is 11.0. The highest BCUT2D eigenvalue weighted by atomic mass is 32.2. The van der Waals surface area contributed by atoms with Crippen molar-refractivity contribution in [3.63, 3.8) is 0 Å². The minimum absolute atomic E-state index is 0.795. The lowest BCUT2D eigenvalue weighted by Crippen LogP contribution is -1.89. The number of aromatic amines is 1. The van der Waals surface area contributed by atoms with E-state index in [-0.39, 0.29) is 0 Å². The third kappa shape index (κ3) is 3.23. The number of imidazole rings is 1. The van der Waals surface area contributed by atoms with Crippen LogP contribution in [-0.4, -0.2) is 22.1 Å². The van der Waals surface area contributed by atoms with E-state index in [2.05, 4.69) is 47.2 Å². The van der Waals surface area contributed by atoms with Crippen molar-refractivity contribution in [1.29, 1.82) is 0 Å². The zero-order valence-electron chi connectivity index (χ0n) is 14.0. The first-order valence-electron chi connectivity index (χ1n) is 7.96. The van der Waals surface area contributed by atoms with Crippen molar-refractivity contribution in [1.82, 2.24) is 15.0 Å². The zero-order valence-corrected chi connectivity index (χ0v) is 14.8. The van der Waals surface area contributed by atoms with E-state index in [1.165, 1.54) is 5.56 Å². The minimum atomic E-state index is 0.795. The lowest BCUT2D eigenvalue weighted by atomic mass is 10.1. The number of hydrogen-bond acceptors (Lipinski definition) is 4. The molecular formula is C20H17N3OS. The van der Waals surface area contributed by atoms with Gasteiger partial charge >= 0.3 is 0 Å². The predicted octanol–water partition coefficient (Wildman–Crippen LogP) is 5.09. The summed E-state index contributed by atoms with van der Waals surface area (Å²) in [5.41, 5.74) is 5.18. The van der Waals surface area contributed by atoms with Crippen molar-refractivity contribution in [2.24, 2.45) is 0 Å². The maximum atomic E-state index is 5.32. The Kier molecular flexibility index (Phi) is 4.15. The number of pyridine rings is 1. The van der Waals surface area contributed by atoms with Gasteiger partial charge in [-0.3, -0.25) is 4.98 Å². The van der Waals surface area contributed by atoms with Crippen LogP contribution in [0.15, 0.2) is 70.8 Å². The molecule has 0 fully saturated rings. The van der Waals surface area contributed by atoms with Gasteiger partial charge in [0.2, 0.25) is 0 Å². The average Bonchev–Trinajstić information content (AvgIpc) is 3.03. The van der Waals surface area contributed by atoms with Crippen LogP contribution in [0.5, 0.6) is 5.75 Å². The fourth-order valence-corrected chi connectivity index (χ4v) is 3.64. The Hall–Kier alpha value is -2.79. The number of rotatable bonds is 4. The molecule has 25 heavy (non-hydrogen) atoms. The van der Waals surface area contributed by atoms with Gasteiger partial charge in [0.05, 0.1) is 23.8 Å². The summed E-state index contributed by atoms with van der Waals surface area (Å²) in [5, 5.41) is 0.871. The summed E-state index contributed by atoms with van der Waals surface area (Å²) >= 11 is 1.61. The lowest BCUT2D eigenvalue weighted by molar-refractivity contribution is 0.414.